The molecule has 1 aromatic rings. The SMILES string of the molecule is C#CCc1c(C)ccc(C(=C)N2CCOCC2)c1C. The monoisotopic (exact) mass is 255 g/mol. The minimum absolute atomic E-state index is 0.682. The summed E-state index contributed by atoms with van der Waals surface area (Å²) in [5.74, 6) is 2.75. The van der Waals surface area contributed by atoms with E-state index in [9.17, 15) is 0 Å². The van der Waals surface area contributed by atoms with Gasteiger partial charge in [-0.15, -0.1) is 12.3 Å². The Labute approximate surface area is 116 Å². The van der Waals surface area contributed by atoms with Gasteiger partial charge in [-0.3, -0.25) is 0 Å². The highest BCUT2D eigenvalue weighted by atomic mass is 16.5. The number of ether oxygens (including phenoxy) is 1. The highest BCUT2D eigenvalue weighted by Crippen LogP contribution is 2.26. The molecule has 0 bridgehead atoms. The molecule has 100 valence electrons. The van der Waals surface area contributed by atoms with E-state index in [0.29, 0.717) is 6.42 Å². The van der Waals surface area contributed by atoms with Crippen molar-refractivity contribution in [1.29, 1.82) is 0 Å². The second-order valence-corrected chi connectivity index (χ2v) is 4.96. The molecule has 0 radical (unpaired) electrons. The van der Waals surface area contributed by atoms with E-state index < -0.39 is 0 Å². The van der Waals surface area contributed by atoms with Crippen LogP contribution in [0.3, 0.4) is 0 Å². The molecule has 0 spiro atoms. The van der Waals surface area contributed by atoms with Gasteiger partial charge in [-0.1, -0.05) is 18.7 Å². The molecule has 0 aromatic heterocycles. The number of rotatable bonds is 3. The van der Waals surface area contributed by atoms with Crippen molar-refractivity contribution in [2.24, 2.45) is 0 Å². The molecule has 2 nitrogen and oxygen atoms in total. The van der Waals surface area contributed by atoms with E-state index in [1.165, 1.54) is 22.3 Å². The van der Waals surface area contributed by atoms with Crippen LogP contribution < -0.4 is 0 Å². The first-order valence-electron chi connectivity index (χ1n) is 6.69. The predicted octanol–water partition coefficient (Wildman–Crippen LogP) is 2.78. The first-order valence-corrected chi connectivity index (χ1v) is 6.69. The van der Waals surface area contributed by atoms with Crippen LogP contribution in [0.25, 0.3) is 5.70 Å². The maximum absolute atomic E-state index is 5.47. The van der Waals surface area contributed by atoms with Crippen molar-refractivity contribution in [2.75, 3.05) is 26.3 Å². The fraction of sp³-hybridized carbons (Fsp3) is 0.412. The molecule has 0 N–H and O–H groups in total. The highest BCUT2D eigenvalue weighted by molar-refractivity contribution is 5.67. The molecule has 1 fully saturated rings. The first kappa shape index (κ1) is 13.7. The number of nitrogens with zero attached hydrogens (tertiary/aromatic N) is 1. The minimum Gasteiger partial charge on any atom is -0.378 e. The summed E-state index contributed by atoms with van der Waals surface area (Å²) >= 11 is 0. The highest BCUT2D eigenvalue weighted by Gasteiger charge is 2.16. The second-order valence-electron chi connectivity index (χ2n) is 4.96. The average molecular weight is 255 g/mol. The number of benzene rings is 1. The van der Waals surface area contributed by atoms with E-state index in [1.807, 2.05) is 0 Å². The maximum Gasteiger partial charge on any atom is 0.0642 e. The smallest absolute Gasteiger partial charge is 0.0642 e. The molecule has 1 aliphatic heterocycles. The zero-order valence-corrected chi connectivity index (χ0v) is 11.8. The number of hydrogen-bond acceptors (Lipinski definition) is 2. The number of aryl methyl sites for hydroxylation is 1. The lowest BCUT2D eigenvalue weighted by molar-refractivity contribution is 0.0640. The number of terminal acetylenes is 1. The van der Waals surface area contributed by atoms with E-state index in [2.05, 4.69) is 43.4 Å². The largest absolute Gasteiger partial charge is 0.378 e. The van der Waals surface area contributed by atoms with E-state index in [-0.39, 0.29) is 0 Å². The molecule has 19 heavy (non-hydrogen) atoms. The van der Waals surface area contributed by atoms with Gasteiger partial charge in [0.05, 0.1) is 13.2 Å². The standard InChI is InChI=1S/C17H21NO/c1-5-6-16-13(2)7-8-17(14(16)3)15(4)18-9-11-19-12-10-18/h1,7-8H,4,6,9-12H2,2-3H3. The van der Waals surface area contributed by atoms with Gasteiger partial charge in [0, 0.05) is 30.8 Å². The molecule has 1 aliphatic rings. The number of morpholine rings is 1. The fourth-order valence-corrected chi connectivity index (χ4v) is 2.58. The Morgan fingerprint density at radius 2 is 2.05 bits per heavy atom. The molecule has 1 heterocycles. The third-order valence-corrected chi connectivity index (χ3v) is 3.82. The van der Waals surface area contributed by atoms with Crippen molar-refractivity contribution in [3.63, 3.8) is 0 Å². The van der Waals surface area contributed by atoms with Gasteiger partial charge in [-0.2, -0.15) is 0 Å². The van der Waals surface area contributed by atoms with Crippen molar-refractivity contribution >= 4 is 5.70 Å². The van der Waals surface area contributed by atoms with Crippen molar-refractivity contribution in [3.05, 3.63) is 41.0 Å². The van der Waals surface area contributed by atoms with Crippen molar-refractivity contribution in [1.82, 2.24) is 4.90 Å². The molecule has 0 atom stereocenters. The van der Waals surface area contributed by atoms with Gasteiger partial charge in [-0.05, 0) is 30.5 Å². The molecule has 0 saturated carbocycles. The zero-order chi connectivity index (χ0) is 13.8. The van der Waals surface area contributed by atoms with Gasteiger partial charge in [0.25, 0.3) is 0 Å². The van der Waals surface area contributed by atoms with E-state index >= 15 is 0 Å². The molecule has 0 unspecified atom stereocenters. The van der Waals surface area contributed by atoms with Crippen LogP contribution >= 0.6 is 0 Å². The Kier molecular flexibility index (Phi) is 4.29. The second kappa shape index (κ2) is 5.95. The van der Waals surface area contributed by atoms with Crippen LogP contribution in [0.15, 0.2) is 18.7 Å². The van der Waals surface area contributed by atoms with E-state index in [0.717, 1.165) is 32.0 Å². The Morgan fingerprint density at radius 3 is 2.68 bits per heavy atom. The lowest BCUT2D eigenvalue weighted by Crippen LogP contribution is -2.34. The van der Waals surface area contributed by atoms with Gasteiger partial charge in [0.1, 0.15) is 0 Å². The predicted molar refractivity (Wildman–Crippen MR) is 79.9 cm³/mol. The summed E-state index contributed by atoms with van der Waals surface area (Å²) < 4.78 is 5.39. The van der Waals surface area contributed by atoms with Gasteiger partial charge in [0.2, 0.25) is 0 Å². The summed E-state index contributed by atoms with van der Waals surface area (Å²) in [5.41, 5.74) is 6.06. The Morgan fingerprint density at radius 1 is 1.37 bits per heavy atom. The van der Waals surface area contributed by atoms with Crippen molar-refractivity contribution in [3.8, 4) is 12.3 Å². The minimum atomic E-state index is 0.682. The van der Waals surface area contributed by atoms with Crippen LogP contribution in [0.2, 0.25) is 0 Å². The van der Waals surface area contributed by atoms with Crippen LogP contribution in [-0.2, 0) is 11.2 Å². The quantitative estimate of drug-likeness (QED) is 0.770. The molecule has 0 amide bonds. The molecule has 2 heteroatoms. The van der Waals surface area contributed by atoms with Crippen molar-refractivity contribution < 1.29 is 4.74 Å². The zero-order valence-electron chi connectivity index (χ0n) is 11.8. The summed E-state index contributed by atoms with van der Waals surface area (Å²) in [4.78, 5) is 2.29. The summed E-state index contributed by atoms with van der Waals surface area (Å²) in [6.45, 7) is 11.9. The molecule has 0 aliphatic carbocycles. The lowest BCUT2D eigenvalue weighted by Gasteiger charge is -2.31. The molecular formula is C17H21NO. The average Bonchev–Trinajstić information content (AvgIpc) is 2.44. The summed E-state index contributed by atoms with van der Waals surface area (Å²) in [5, 5.41) is 0. The third-order valence-electron chi connectivity index (χ3n) is 3.82. The molecule has 1 aromatic carbocycles. The topological polar surface area (TPSA) is 12.5 Å². The van der Waals surface area contributed by atoms with Crippen molar-refractivity contribution in [2.45, 2.75) is 20.3 Å². The fourth-order valence-electron chi connectivity index (χ4n) is 2.58. The Bertz CT molecular complexity index is 519. The van der Waals surface area contributed by atoms with Crippen LogP contribution in [0.1, 0.15) is 22.3 Å². The van der Waals surface area contributed by atoms with Crippen LogP contribution in [0.5, 0.6) is 0 Å². The summed E-state index contributed by atoms with van der Waals surface area (Å²) in [6, 6.07) is 4.29. The summed E-state index contributed by atoms with van der Waals surface area (Å²) in [6.07, 6.45) is 6.15. The van der Waals surface area contributed by atoms with Gasteiger partial charge in [-0.25, -0.2) is 0 Å². The first-order chi connectivity index (χ1) is 9.15. The molecule has 1 saturated heterocycles. The van der Waals surface area contributed by atoms with Gasteiger partial charge in [0.15, 0.2) is 0 Å². The normalized spacial score (nSPS) is 15.1. The maximum atomic E-state index is 5.47. The van der Waals surface area contributed by atoms with Crippen LogP contribution in [0.4, 0.5) is 0 Å². The van der Waals surface area contributed by atoms with Crippen LogP contribution in [-0.4, -0.2) is 31.2 Å². The molecule has 2 rings (SSSR count). The Balaban J connectivity index is 2.32. The van der Waals surface area contributed by atoms with Crippen LogP contribution in [0, 0.1) is 26.2 Å². The van der Waals surface area contributed by atoms with Gasteiger partial charge >= 0.3 is 0 Å². The number of hydrogen-bond donors (Lipinski definition) is 0. The third kappa shape index (κ3) is 2.83. The van der Waals surface area contributed by atoms with E-state index in [4.69, 9.17) is 11.2 Å². The molecular weight excluding hydrogens is 234 g/mol. The summed E-state index contributed by atoms with van der Waals surface area (Å²) in [7, 11) is 0. The van der Waals surface area contributed by atoms with E-state index in [1.54, 1.807) is 0 Å². The Hall–Kier alpha value is -1.72. The lowest BCUT2D eigenvalue weighted by atomic mass is 9.94. The van der Waals surface area contributed by atoms with Gasteiger partial charge < -0.3 is 9.64 Å².